The average Bonchev–Trinajstić information content (AvgIpc) is 3.37. The number of hydrazine groups is 1. The Kier molecular flexibility index (Phi) is 5.92. The van der Waals surface area contributed by atoms with E-state index in [0.717, 1.165) is 35.5 Å². The van der Waals surface area contributed by atoms with Crippen molar-refractivity contribution in [2.75, 3.05) is 14.2 Å². The minimum Gasteiger partial charge on any atom is -0.497 e. The number of ether oxygens (including phenoxy) is 2. The molecule has 1 fully saturated rings. The molecule has 0 saturated carbocycles. The molecule has 1 aromatic heterocycles. The minimum absolute atomic E-state index is 0.0241. The number of hydrogen-bond acceptors (Lipinski definition) is 5. The zero-order valence-electron chi connectivity index (χ0n) is 17.6. The van der Waals surface area contributed by atoms with Crippen molar-refractivity contribution in [1.29, 1.82) is 0 Å². The summed E-state index contributed by atoms with van der Waals surface area (Å²) in [5, 5.41) is 4.25. The fraction of sp³-hybridized carbons (Fsp3) is 0.348. The molecule has 4 rings (SSSR count). The van der Waals surface area contributed by atoms with Gasteiger partial charge in [-0.15, -0.1) is 0 Å². The number of carbonyl (C=O) groups excluding carboxylic acids is 1. The van der Waals surface area contributed by atoms with E-state index in [1.54, 1.807) is 14.2 Å². The van der Waals surface area contributed by atoms with Crippen LogP contribution >= 0.6 is 0 Å². The third kappa shape index (κ3) is 4.13. The van der Waals surface area contributed by atoms with Crippen molar-refractivity contribution < 1.29 is 14.3 Å². The molecule has 1 amide bonds. The normalized spacial score (nSPS) is 18.5. The molecule has 2 atom stereocenters. The summed E-state index contributed by atoms with van der Waals surface area (Å²) >= 11 is 0. The summed E-state index contributed by atoms with van der Waals surface area (Å²) in [7, 11) is 3.31. The lowest BCUT2D eigenvalue weighted by Crippen LogP contribution is -2.44. The van der Waals surface area contributed by atoms with E-state index in [0.29, 0.717) is 6.42 Å². The number of benzene rings is 2. The number of nitrogens with one attached hydrogen (secondary N) is 3. The number of nitrogens with zero attached hydrogens (tertiary/aromatic N) is 1. The topological polar surface area (TPSA) is 76.6 Å². The second-order valence-electron chi connectivity index (χ2n) is 7.46. The van der Waals surface area contributed by atoms with Gasteiger partial charge < -0.3 is 19.4 Å². The Morgan fingerprint density at radius 3 is 2.67 bits per heavy atom. The van der Waals surface area contributed by atoms with Gasteiger partial charge in [0.05, 0.1) is 38.4 Å². The molecule has 7 heteroatoms. The standard InChI is InChI=1S/C23H28N4O3/c1-4-27-20-13-18(30-3)9-8-16(20)12-21(27)19-14-22(26-25-19)24-23(28)11-15-6-5-7-17(10-15)29-2/h5-10,12-13,19,22,25-26H,4,11,14H2,1-3H3,(H,24,28). The summed E-state index contributed by atoms with van der Waals surface area (Å²) in [5.41, 5.74) is 9.83. The lowest BCUT2D eigenvalue weighted by molar-refractivity contribution is -0.121. The first-order valence-corrected chi connectivity index (χ1v) is 10.2. The van der Waals surface area contributed by atoms with Crippen molar-refractivity contribution in [3.05, 3.63) is 59.8 Å². The van der Waals surface area contributed by atoms with E-state index < -0.39 is 0 Å². The number of rotatable bonds is 7. The first-order chi connectivity index (χ1) is 14.6. The highest BCUT2D eigenvalue weighted by molar-refractivity contribution is 5.83. The number of amides is 1. The van der Waals surface area contributed by atoms with Crippen molar-refractivity contribution in [3.8, 4) is 11.5 Å². The molecular weight excluding hydrogens is 380 g/mol. The van der Waals surface area contributed by atoms with Crippen LogP contribution in [0.5, 0.6) is 11.5 Å². The van der Waals surface area contributed by atoms with Crippen molar-refractivity contribution in [3.63, 3.8) is 0 Å². The molecule has 2 unspecified atom stereocenters. The van der Waals surface area contributed by atoms with Crippen LogP contribution in [0.3, 0.4) is 0 Å². The van der Waals surface area contributed by atoms with E-state index in [1.165, 1.54) is 11.1 Å². The van der Waals surface area contributed by atoms with Gasteiger partial charge in [0.2, 0.25) is 5.91 Å². The van der Waals surface area contributed by atoms with Crippen LogP contribution in [0.1, 0.15) is 30.6 Å². The van der Waals surface area contributed by atoms with Crippen molar-refractivity contribution in [2.45, 2.75) is 38.5 Å². The van der Waals surface area contributed by atoms with Gasteiger partial charge in [-0.2, -0.15) is 0 Å². The van der Waals surface area contributed by atoms with E-state index >= 15 is 0 Å². The van der Waals surface area contributed by atoms with Gasteiger partial charge in [-0.1, -0.05) is 12.1 Å². The molecule has 158 valence electrons. The molecule has 0 radical (unpaired) electrons. The maximum absolute atomic E-state index is 12.5. The quantitative estimate of drug-likeness (QED) is 0.560. The Balaban J connectivity index is 1.43. The van der Waals surface area contributed by atoms with Crippen LogP contribution in [0.25, 0.3) is 10.9 Å². The van der Waals surface area contributed by atoms with E-state index in [2.05, 4.69) is 45.9 Å². The maximum atomic E-state index is 12.5. The van der Waals surface area contributed by atoms with Crippen LogP contribution in [-0.4, -0.2) is 30.9 Å². The van der Waals surface area contributed by atoms with E-state index in [1.807, 2.05) is 30.3 Å². The molecule has 3 N–H and O–H groups in total. The summed E-state index contributed by atoms with van der Waals surface area (Å²) < 4.78 is 12.9. The molecule has 1 aliphatic heterocycles. The molecular formula is C23H28N4O3. The fourth-order valence-electron chi connectivity index (χ4n) is 4.08. The third-order valence-corrected chi connectivity index (χ3v) is 5.55. The Labute approximate surface area is 176 Å². The second kappa shape index (κ2) is 8.77. The Morgan fingerprint density at radius 1 is 1.10 bits per heavy atom. The molecule has 3 aromatic rings. The Morgan fingerprint density at radius 2 is 1.90 bits per heavy atom. The summed E-state index contributed by atoms with van der Waals surface area (Å²) in [6, 6.07) is 16.0. The highest BCUT2D eigenvalue weighted by atomic mass is 16.5. The highest BCUT2D eigenvalue weighted by Crippen LogP contribution is 2.30. The summed E-state index contributed by atoms with van der Waals surface area (Å²) in [6.07, 6.45) is 0.942. The fourth-order valence-corrected chi connectivity index (χ4v) is 4.08. The highest BCUT2D eigenvalue weighted by Gasteiger charge is 2.28. The number of aromatic nitrogens is 1. The van der Waals surface area contributed by atoms with Crippen LogP contribution in [0, 0.1) is 0 Å². The SMILES string of the molecule is CCn1c(C2CC(NC(=O)Cc3cccc(OC)c3)NN2)cc2ccc(OC)cc21. The summed E-state index contributed by atoms with van der Waals surface area (Å²) in [6.45, 7) is 3.00. The Bertz CT molecular complexity index is 1050. The lowest BCUT2D eigenvalue weighted by atomic mass is 10.1. The van der Waals surface area contributed by atoms with Crippen molar-refractivity contribution in [2.24, 2.45) is 0 Å². The maximum Gasteiger partial charge on any atom is 0.225 e. The largest absolute Gasteiger partial charge is 0.497 e. The van der Waals surface area contributed by atoms with Gasteiger partial charge in [-0.25, -0.2) is 10.9 Å². The Hall–Kier alpha value is -3.03. The van der Waals surface area contributed by atoms with Gasteiger partial charge >= 0.3 is 0 Å². The zero-order chi connectivity index (χ0) is 21.1. The van der Waals surface area contributed by atoms with Gasteiger partial charge in [0.1, 0.15) is 11.5 Å². The molecule has 1 saturated heterocycles. The molecule has 0 aliphatic carbocycles. The molecule has 0 bridgehead atoms. The lowest BCUT2D eigenvalue weighted by Gasteiger charge is -2.14. The summed E-state index contributed by atoms with van der Waals surface area (Å²) in [5.74, 6) is 1.58. The summed E-state index contributed by atoms with van der Waals surface area (Å²) in [4.78, 5) is 12.5. The van der Waals surface area contributed by atoms with Crippen molar-refractivity contribution in [1.82, 2.24) is 20.7 Å². The van der Waals surface area contributed by atoms with E-state index in [-0.39, 0.29) is 18.1 Å². The number of hydrogen-bond donors (Lipinski definition) is 3. The van der Waals surface area contributed by atoms with Crippen LogP contribution in [0.4, 0.5) is 0 Å². The van der Waals surface area contributed by atoms with Gasteiger partial charge in [0, 0.05) is 30.1 Å². The van der Waals surface area contributed by atoms with E-state index in [4.69, 9.17) is 9.47 Å². The van der Waals surface area contributed by atoms with Gasteiger partial charge in [-0.05, 0) is 42.8 Å². The second-order valence-corrected chi connectivity index (χ2v) is 7.46. The van der Waals surface area contributed by atoms with Crippen LogP contribution in [-0.2, 0) is 17.8 Å². The molecule has 2 heterocycles. The van der Waals surface area contributed by atoms with Crippen LogP contribution < -0.4 is 25.6 Å². The molecule has 1 aliphatic rings. The van der Waals surface area contributed by atoms with Gasteiger partial charge in [-0.3, -0.25) is 4.79 Å². The zero-order valence-corrected chi connectivity index (χ0v) is 17.6. The first kappa shape index (κ1) is 20.3. The molecule has 30 heavy (non-hydrogen) atoms. The monoisotopic (exact) mass is 408 g/mol. The smallest absolute Gasteiger partial charge is 0.225 e. The predicted molar refractivity (Wildman–Crippen MR) is 116 cm³/mol. The minimum atomic E-state index is -0.133. The van der Waals surface area contributed by atoms with Crippen LogP contribution in [0.15, 0.2) is 48.5 Å². The number of carbonyl (C=O) groups is 1. The van der Waals surface area contributed by atoms with Gasteiger partial charge in [0.15, 0.2) is 0 Å². The first-order valence-electron chi connectivity index (χ1n) is 10.2. The average molecular weight is 409 g/mol. The number of aryl methyl sites for hydroxylation is 1. The van der Waals surface area contributed by atoms with Crippen LogP contribution in [0.2, 0.25) is 0 Å². The third-order valence-electron chi connectivity index (χ3n) is 5.55. The van der Waals surface area contributed by atoms with E-state index in [9.17, 15) is 4.79 Å². The number of methoxy groups -OCH3 is 2. The predicted octanol–water partition coefficient (Wildman–Crippen LogP) is 2.90. The molecule has 0 spiro atoms. The molecule has 7 nitrogen and oxygen atoms in total. The van der Waals surface area contributed by atoms with Crippen molar-refractivity contribution >= 4 is 16.8 Å². The number of fused-ring (bicyclic) bond motifs is 1. The molecule has 2 aromatic carbocycles. The van der Waals surface area contributed by atoms with Gasteiger partial charge in [0.25, 0.3) is 0 Å².